The highest BCUT2D eigenvalue weighted by Gasteiger charge is 2.30. The average molecular weight is 554 g/mol. The van der Waals surface area contributed by atoms with Gasteiger partial charge in [-0.3, -0.25) is 25.4 Å². The van der Waals surface area contributed by atoms with Gasteiger partial charge in [-0.1, -0.05) is 23.7 Å². The van der Waals surface area contributed by atoms with E-state index in [1.807, 2.05) is 12.1 Å². The molecule has 2 amide bonds. The normalized spacial score (nSPS) is 18.2. The number of fused-ring (bicyclic) bond motifs is 2. The molecule has 38 heavy (non-hydrogen) atoms. The van der Waals surface area contributed by atoms with E-state index in [0.29, 0.717) is 13.0 Å². The van der Waals surface area contributed by atoms with Crippen LogP contribution in [0.3, 0.4) is 0 Å². The molecule has 0 spiro atoms. The summed E-state index contributed by atoms with van der Waals surface area (Å²) in [5.74, 6) is -0.641. The summed E-state index contributed by atoms with van der Waals surface area (Å²) in [5.41, 5.74) is 9.58. The standard InChI is InChI=1S/C26H25ClFN7O2S/c1-35-10-8-21(25(35)37)31-24(36)15-11-19(27)23(30-13-15)33-34-26(38)32-22-17-3-2-9-29-20(17)7-5-14-4-6-16(28)12-18(14)22/h2-4,6,9,11-13,21-22H,5,7-8,10H2,1H3,(H,30,33)(H,31,36)(H2,32,34,38)/t21-,22?/m1/s1. The van der Waals surface area contributed by atoms with Gasteiger partial charge in [0, 0.05) is 37.2 Å². The van der Waals surface area contributed by atoms with E-state index in [9.17, 15) is 14.0 Å². The number of thiocarbonyl (C=S) groups is 1. The van der Waals surface area contributed by atoms with Gasteiger partial charge in [0.05, 0.1) is 16.6 Å². The van der Waals surface area contributed by atoms with Crippen LogP contribution in [0, 0.1) is 5.82 Å². The second-order valence-corrected chi connectivity index (χ2v) is 9.98. The Balaban J connectivity index is 1.26. The van der Waals surface area contributed by atoms with Gasteiger partial charge in [-0.2, -0.15) is 0 Å². The maximum atomic E-state index is 14.2. The fourth-order valence-electron chi connectivity index (χ4n) is 4.70. The van der Waals surface area contributed by atoms with Gasteiger partial charge in [0.2, 0.25) is 5.91 Å². The lowest BCUT2D eigenvalue weighted by molar-refractivity contribution is -0.128. The van der Waals surface area contributed by atoms with Crippen LogP contribution >= 0.6 is 23.8 Å². The van der Waals surface area contributed by atoms with Gasteiger partial charge in [0.15, 0.2) is 10.9 Å². The molecule has 1 aliphatic carbocycles. The number of nitrogens with zero attached hydrogens (tertiary/aromatic N) is 3. The van der Waals surface area contributed by atoms with E-state index in [0.717, 1.165) is 35.2 Å². The minimum Gasteiger partial charge on any atom is -0.350 e. The lowest BCUT2D eigenvalue weighted by atomic mass is 9.96. The molecule has 1 unspecified atom stereocenters. The van der Waals surface area contributed by atoms with Crippen molar-refractivity contribution in [2.24, 2.45) is 0 Å². The Hall–Kier alpha value is -3.83. The van der Waals surface area contributed by atoms with Gasteiger partial charge >= 0.3 is 0 Å². The van der Waals surface area contributed by atoms with E-state index >= 15 is 0 Å². The van der Waals surface area contributed by atoms with Crippen molar-refractivity contribution in [1.82, 2.24) is 30.9 Å². The zero-order chi connectivity index (χ0) is 26.8. The highest BCUT2D eigenvalue weighted by Crippen LogP contribution is 2.32. The summed E-state index contributed by atoms with van der Waals surface area (Å²) in [6, 6.07) is 9.05. The van der Waals surface area contributed by atoms with Crippen LogP contribution in [-0.4, -0.2) is 51.4 Å². The minimum absolute atomic E-state index is 0.127. The highest BCUT2D eigenvalue weighted by molar-refractivity contribution is 7.80. The van der Waals surface area contributed by atoms with E-state index in [-0.39, 0.29) is 33.2 Å². The number of anilines is 1. The predicted molar refractivity (Wildman–Crippen MR) is 145 cm³/mol. The first-order valence-corrected chi connectivity index (χ1v) is 12.8. The smallest absolute Gasteiger partial charge is 0.253 e. The molecule has 1 fully saturated rings. The number of likely N-dealkylation sites (tertiary alicyclic amines) is 1. The van der Waals surface area contributed by atoms with Crippen molar-refractivity contribution < 1.29 is 14.0 Å². The lowest BCUT2D eigenvalue weighted by Crippen LogP contribution is -2.41. The first-order valence-electron chi connectivity index (χ1n) is 12.1. The predicted octanol–water partition coefficient (Wildman–Crippen LogP) is 2.91. The van der Waals surface area contributed by atoms with Crippen LogP contribution in [0.1, 0.15) is 45.2 Å². The average Bonchev–Trinajstić information content (AvgIpc) is 3.13. The van der Waals surface area contributed by atoms with Crippen LogP contribution in [-0.2, 0) is 17.6 Å². The Kier molecular flexibility index (Phi) is 7.39. The van der Waals surface area contributed by atoms with E-state index in [4.69, 9.17) is 23.8 Å². The Morgan fingerprint density at radius 3 is 2.76 bits per heavy atom. The molecule has 3 aromatic rings. The van der Waals surface area contributed by atoms with E-state index < -0.39 is 18.0 Å². The molecule has 1 aliphatic heterocycles. The topological polar surface area (TPSA) is 111 Å². The molecule has 2 atom stereocenters. The number of carbonyl (C=O) groups is 2. The van der Waals surface area contributed by atoms with Crippen LogP contribution in [0.5, 0.6) is 0 Å². The number of amides is 2. The molecule has 4 N–H and O–H groups in total. The number of aryl methyl sites for hydroxylation is 2. The van der Waals surface area contributed by atoms with Crippen molar-refractivity contribution in [2.45, 2.75) is 31.3 Å². The molecule has 2 aromatic heterocycles. The van der Waals surface area contributed by atoms with Crippen LogP contribution in [0.15, 0.2) is 48.8 Å². The van der Waals surface area contributed by atoms with Crippen molar-refractivity contribution in [3.8, 4) is 0 Å². The first-order chi connectivity index (χ1) is 18.3. The van der Waals surface area contributed by atoms with Gasteiger partial charge in [0.1, 0.15) is 11.9 Å². The van der Waals surface area contributed by atoms with E-state index in [2.05, 4.69) is 31.5 Å². The molecule has 9 nitrogen and oxygen atoms in total. The second kappa shape index (κ2) is 10.9. The monoisotopic (exact) mass is 553 g/mol. The Morgan fingerprint density at radius 2 is 2.00 bits per heavy atom. The molecule has 1 aromatic carbocycles. The maximum Gasteiger partial charge on any atom is 0.253 e. The summed E-state index contributed by atoms with van der Waals surface area (Å²) >= 11 is 11.9. The third-order valence-electron chi connectivity index (χ3n) is 6.69. The van der Waals surface area contributed by atoms with Gasteiger partial charge < -0.3 is 15.5 Å². The second-order valence-electron chi connectivity index (χ2n) is 9.17. The zero-order valence-electron chi connectivity index (χ0n) is 20.4. The molecule has 3 heterocycles. The molecule has 0 bridgehead atoms. The molecule has 12 heteroatoms. The minimum atomic E-state index is -0.558. The number of likely N-dealkylation sites (N-methyl/N-ethyl adjacent to an activating group) is 1. The van der Waals surface area contributed by atoms with Gasteiger partial charge in [-0.25, -0.2) is 9.37 Å². The van der Waals surface area contributed by atoms with Crippen LogP contribution < -0.4 is 21.5 Å². The van der Waals surface area contributed by atoms with Crippen LogP contribution in [0.4, 0.5) is 10.2 Å². The Morgan fingerprint density at radius 1 is 1.16 bits per heavy atom. The number of halogens is 2. The Bertz CT molecular complexity index is 1420. The molecule has 1 saturated heterocycles. The molecule has 0 radical (unpaired) electrons. The molecule has 196 valence electrons. The molecule has 5 rings (SSSR count). The summed E-state index contributed by atoms with van der Waals surface area (Å²) in [5, 5.41) is 6.37. The van der Waals surface area contributed by atoms with E-state index in [1.165, 1.54) is 24.4 Å². The van der Waals surface area contributed by atoms with Crippen molar-refractivity contribution in [3.05, 3.63) is 87.6 Å². The fourth-order valence-corrected chi connectivity index (χ4v) is 5.08. The van der Waals surface area contributed by atoms with Gasteiger partial charge in [0.25, 0.3) is 5.91 Å². The number of aromatic nitrogens is 2. The number of nitrogens with one attached hydrogen (secondary N) is 4. The third-order valence-corrected chi connectivity index (χ3v) is 7.20. The number of pyridine rings is 2. The van der Waals surface area contributed by atoms with Crippen LogP contribution in [0.2, 0.25) is 5.02 Å². The number of benzene rings is 1. The highest BCUT2D eigenvalue weighted by atomic mass is 35.5. The molecule has 2 aliphatic rings. The third kappa shape index (κ3) is 5.39. The quantitative estimate of drug-likeness (QED) is 0.282. The fraction of sp³-hybridized carbons (Fsp3) is 0.269. The number of hydrogen-bond donors (Lipinski definition) is 4. The largest absolute Gasteiger partial charge is 0.350 e. The molecule has 0 saturated carbocycles. The molecular formula is C26H25ClFN7O2S. The summed E-state index contributed by atoms with van der Waals surface area (Å²) in [4.78, 5) is 35.0. The van der Waals surface area contributed by atoms with E-state index in [1.54, 1.807) is 24.2 Å². The summed E-state index contributed by atoms with van der Waals surface area (Å²) in [6.45, 7) is 0.592. The summed E-state index contributed by atoms with van der Waals surface area (Å²) in [7, 11) is 1.70. The zero-order valence-corrected chi connectivity index (χ0v) is 22.0. The summed E-state index contributed by atoms with van der Waals surface area (Å²) in [6.07, 6.45) is 5.12. The number of hydrogen-bond acceptors (Lipinski definition) is 6. The van der Waals surface area contributed by atoms with Crippen molar-refractivity contribution in [1.29, 1.82) is 0 Å². The number of carbonyl (C=O) groups excluding carboxylic acids is 2. The first kappa shape index (κ1) is 25.8. The van der Waals surface area contributed by atoms with Crippen molar-refractivity contribution >= 4 is 46.6 Å². The van der Waals surface area contributed by atoms with Crippen LogP contribution in [0.25, 0.3) is 0 Å². The number of hydrazine groups is 1. The lowest BCUT2D eigenvalue weighted by Gasteiger charge is -2.23. The van der Waals surface area contributed by atoms with Crippen molar-refractivity contribution in [2.75, 3.05) is 19.0 Å². The SMILES string of the molecule is CN1CC[C@@H](NC(=O)c2cnc(NNC(=S)NC3c4cc(F)ccc4CCc4ncccc43)c(Cl)c2)C1=O. The maximum absolute atomic E-state index is 14.2. The van der Waals surface area contributed by atoms with Gasteiger partial charge in [-0.05, 0) is 66.9 Å². The van der Waals surface area contributed by atoms with Crippen molar-refractivity contribution in [3.63, 3.8) is 0 Å². The Labute approximate surface area is 229 Å². The summed E-state index contributed by atoms with van der Waals surface area (Å²) < 4.78 is 14.2. The number of rotatable bonds is 5. The molecular weight excluding hydrogens is 529 g/mol. The van der Waals surface area contributed by atoms with Gasteiger partial charge in [-0.15, -0.1) is 0 Å².